The van der Waals surface area contributed by atoms with Crippen LogP contribution in [0.5, 0.6) is 0 Å². The summed E-state index contributed by atoms with van der Waals surface area (Å²) in [6.07, 6.45) is 5.24. The Kier molecular flexibility index (Phi) is 2.37. The highest BCUT2D eigenvalue weighted by Crippen LogP contribution is 2.31. The van der Waals surface area contributed by atoms with Crippen LogP contribution in [0.2, 0.25) is 0 Å². The molecule has 1 atom stereocenters. The lowest BCUT2D eigenvalue weighted by Crippen LogP contribution is -2.35. The molecule has 2 rings (SSSR count). The van der Waals surface area contributed by atoms with Gasteiger partial charge in [0, 0.05) is 18.8 Å². The first-order chi connectivity index (χ1) is 7.26. The van der Waals surface area contributed by atoms with Gasteiger partial charge in [-0.15, -0.1) is 0 Å². The van der Waals surface area contributed by atoms with Crippen LogP contribution in [0.1, 0.15) is 12.0 Å². The highest BCUT2D eigenvalue weighted by atomic mass is 16.4. The van der Waals surface area contributed by atoms with Gasteiger partial charge < -0.3 is 5.11 Å². The number of nitrogens with zero attached hydrogens (tertiary/aromatic N) is 1. The summed E-state index contributed by atoms with van der Waals surface area (Å²) in [6.45, 7) is 0. The minimum Gasteiger partial charge on any atom is -0.480 e. The second-order valence-electron chi connectivity index (χ2n) is 3.49. The van der Waals surface area contributed by atoms with E-state index in [1.54, 1.807) is 18.5 Å². The molecule has 0 radical (unpaired) electrons. The Bertz CT molecular complexity index is 423. The van der Waals surface area contributed by atoms with Crippen LogP contribution in [0, 0.1) is 0 Å². The van der Waals surface area contributed by atoms with E-state index in [1.165, 1.54) is 0 Å². The summed E-state index contributed by atoms with van der Waals surface area (Å²) in [5, 5.41) is 9.33. The summed E-state index contributed by atoms with van der Waals surface area (Å²) in [5.41, 5.74) is -0.150. The standard InChI is InChI=1S/C12H11NO2/c14-11(15)12(6-8-13-9-7-12)10-4-2-1-3-5-10/h1-6,8-9H,7H2,(H,14,15). The fourth-order valence-corrected chi connectivity index (χ4v) is 1.73. The summed E-state index contributed by atoms with van der Waals surface area (Å²) in [6, 6.07) is 9.23. The van der Waals surface area contributed by atoms with Gasteiger partial charge in [-0.1, -0.05) is 30.3 Å². The quantitative estimate of drug-likeness (QED) is 0.795. The van der Waals surface area contributed by atoms with E-state index in [-0.39, 0.29) is 0 Å². The molecule has 1 aliphatic rings. The molecule has 1 heterocycles. The number of carboxylic acid groups (broad SMARTS) is 1. The van der Waals surface area contributed by atoms with E-state index in [4.69, 9.17) is 0 Å². The molecule has 0 saturated carbocycles. The van der Waals surface area contributed by atoms with Crippen molar-refractivity contribution in [2.75, 3.05) is 0 Å². The number of rotatable bonds is 2. The zero-order chi connectivity index (χ0) is 10.7. The van der Waals surface area contributed by atoms with Crippen molar-refractivity contribution in [3.05, 3.63) is 48.2 Å². The highest BCUT2D eigenvalue weighted by Gasteiger charge is 2.37. The maximum absolute atomic E-state index is 11.4. The van der Waals surface area contributed by atoms with Crippen molar-refractivity contribution in [3.8, 4) is 0 Å². The van der Waals surface area contributed by atoms with Crippen LogP contribution in [-0.4, -0.2) is 17.3 Å². The Balaban J connectivity index is 2.49. The molecule has 0 aliphatic carbocycles. The molecular formula is C12H11NO2. The average Bonchev–Trinajstić information content (AvgIpc) is 2.31. The van der Waals surface area contributed by atoms with Crippen molar-refractivity contribution in [1.29, 1.82) is 0 Å². The molecule has 0 amide bonds. The minimum absolute atomic E-state index is 0.406. The Morgan fingerprint density at radius 3 is 2.60 bits per heavy atom. The Morgan fingerprint density at radius 2 is 2.07 bits per heavy atom. The van der Waals surface area contributed by atoms with Crippen LogP contribution in [0.25, 0.3) is 0 Å². The van der Waals surface area contributed by atoms with Gasteiger partial charge in [-0.2, -0.15) is 0 Å². The minimum atomic E-state index is -0.941. The van der Waals surface area contributed by atoms with Gasteiger partial charge >= 0.3 is 5.97 Å². The van der Waals surface area contributed by atoms with E-state index >= 15 is 0 Å². The zero-order valence-electron chi connectivity index (χ0n) is 8.13. The second kappa shape index (κ2) is 3.69. The van der Waals surface area contributed by atoms with Crippen LogP contribution < -0.4 is 0 Å². The van der Waals surface area contributed by atoms with Crippen LogP contribution in [0.15, 0.2) is 47.6 Å². The lowest BCUT2D eigenvalue weighted by molar-refractivity contribution is -0.141. The normalized spacial score (nSPS) is 24.0. The number of hydrogen-bond donors (Lipinski definition) is 1. The molecular weight excluding hydrogens is 190 g/mol. The molecule has 1 aromatic rings. The van der Waals surface area contributed by atoms with E-state index in [2.05, 4.69) is 4.99 Å². The molecule has 15 heavy (non-hydrogen) atoms. The smallest absolute Gasteiger partial charge is 0.318 e. The van der Waals surface area contributed by atoms with Crippen molar-refractivity contribution in [2.24, 2.45) is 4.99 Å². The lowest BCUT2D eigenvalue weighted by Gasteiger charge is -2.26. The summed E-state index contributed by atoms with van der Waals surface area (Å²) in [4.78, 5) is 15.3. The first-order valence-electron chi connectivity index (χ1n) is 4.74. The third-order valence-electron chi connectivity index (χ3n) is 2.63. The molecule has 0 saturated heterocycles. The monoisotopic (exact) mass is 201 g/mol. The van der Waals surface area contributed by atoms with E-state index < -0.39 is 11.4 Å². The lowest BCUT2D eigenvalue weighted by atomic mass is 9.77. The third kappa shape index (κ3) is 1.56. The Hall–Kier alpha value is -1.90. The van der Waals surface area contributed by atoms with Crippen molar-refractivity contribution in [2.45, 2.75) is 11.8 Å². The number of aliphatic imine (C=N–C) groups is 1. The summed E-state index contributed by atoms with van der Waals surface area (Å²) in [7, 11) is 0. The number of hydrogen-bond acceptors (Lipinski definition) is 2. The summed E-state index contributed by atoms with van der Waals surface area (Å²) in [5.74, 6) is -0.837. The average molecular weight is 201 g/mol. The van der Waals surface area contributed by atoms with Crippen LogP contribution in [0.4, 0.5) is 0 Å². The van der Waals surface area contributed by atoms with Crippen LogP contribution >= 0.6 is 0 Å². The molecule has 0 spiro atoms. The molecule has 0 bridgehead atoms. The third-order valence-corrected chi connectivity index (χ3v) is 2.63. The van der Waals surface area contributed by atoms with E-state index in [9.17, 15) is 9.90 Å². The predicted molar refractivity (Wildman–Crippen MR) is 58.0 cm³/mol. The molecule has 3 heteroatoms. The van der Waals surface area contributed by atoms with Crippen molar-refractivity contribution in [3.63, 3.8) is 0 Å². The molecule has 1 aliphatic heterocycles. The second-order valence-corrected chi connectivity index (χ2v) is 3.49. The zero-order valence-corrected chi connectivity index (χ0v) is 8.13. The van der Waals surface area contributed by atoms with Gasteiger partial charge in [0.1, 0.15) is 5.41 Å². The van der Waals surface area contributed by atoms with E-state index in [0.29, 0.717) is 6.42 Å². The molecule has 1 aromatic carbocycles. The van der Waals surface area contributed by atoms with Gasteiger partial charge in [-0.3, -0.25) is 9.79 Å². The molecule has 1 N–H and O–H groups in total. The summed E-state index contributed by atoms with van der Waals surface area (Å²) >= 11 is 0. The number of aliphatic carboxylic acids is 1. The van der Waals surface area contributed by atoms with Crippen LogP contribution in [-0.2, 0) is 10.2 Å². The number of carboxylic acids is 1. The SMILES string of the molecule is O=C(O)C1(c2ccccc2)C=CN=CC1. The van der Waals surface area contributed by atoms with Crippen molar-refractivity contribution >= 4 is 12.2 Å². The maximum Gasteiger partial charge on any atom is 0.318 e. The fourth-order valence-electron chi connectivity index (χ4n) is 1.73. The number of carbonyl (C=O) groups is 1. The Morgan fingerprint density at radius 1 is 1.33 bits per heavy atom. The Labute approximate surface area is 87.8 Å². The topological polar surface area (TPSA) is 49.7 Å². The van der Waals surface area contributed by atoms with Gasteiger partial charge in [0.15, 0.2) is 0 Å². The van der Waals surface area contributed by atoms with Gasteiger partial charge in [-0.05, 0) is 11.6 Å². The molecule has 0 aromatic heterocycles. The largest absolute Gasteiger partial charge is 0.480 e. The number of benzene rings is 1. The van der Waals surface area contributed by atoms with E-state index in [1.807, 2.05) is 30.3 Å². The highest BCUT2D eigenvalue weighted by molar-refractivity contribution is 5.88. The molecule has 76 valence electrons. The van der Waals surface area contributed by atoms with Gasteiger partial charge in [0.2, 0.25) is 0 Å². The molecule has 0 fully saturated rings. The van der Waals surface area contributed by atoms with Crippen molar-refractivity contribution in [1.82, 2.24) is 0 Å². The van der Waals surface area contributed by atoms with E-state index in [0.717, 1.165) is 5.56 Å². The van der Waals surface area contributed by atoms with Gasteiger partial charge in [0.25, 0.3) is 0 Å². The fraction of sp³-hybridized carbons (Fsp3) is 0.167. The van der Waals surface area contributed by atoms with Gasteiger partial charge in [0.05, 0.1) is 0 Å². The van der Waals surface area contributed by atoms with Gasteiger partial charge in [-0.25, -0.2) is 0 Å². The first-order valence-corrected chi connectivity index (χ1v) is 4.74. The van der Waals surface area contributed by atoms with Crippen LogP contribution in [0.3, 0.4) is 0 Å². The predicted octanol–water partition coefficient (Wildman–Crippen LogP) is 2.00. The first kappa shape index (κ1) is 9.65. The maximum atomic E-state index is 11.4. The molecule has 3 nitrogen and oxygen atoms in total. The summed E-state index contributed by atoms with van der Waals surface area (Å²) < 4.78 is 0. The van der Waals surface area contributed by atoms with Crippen molar-refractivity contribution < 1.29 is 9.90 Å². The molecule has 1 unspecified atom stereocenters.